The van der Waals surface area contributed by atoms with Crippen molar-refractivity contribution in [3.05, 3.63) is 47.4 Å². The summed E-state index contributed by atoms with van der Waals surface area (Å²) in [5, 5.41) is 4.45. The van der Waals surface area contributed by atoms with Crippen molar-refractivity contribution in [1.82, 2.24) is 24.6 Å². The summed E-state index contributed by atoms with van der Waals surface area (Å²) in [5.41, 5.74) is 3.89. The number of hydrogen-bond acceptors (Lipinski definition) is 6. The molecule has 3 saturated heterocycles. The highest BCUT2D eigenvalue weighted by atomic mass is 19.3. The third-order valence-electron chi connectivity index (χ3n) is 9.71. The number of piperazine rings is 1. The van der Waals surface area contributed by atoms with Gasteiger partial charge in [-0.1, -0.05) is 6.58 Å². The van der Waals surface area contributed by atoms with Gasteiger partial charge in [0.25, 0.3) is 6.43 Å². The summed E-state index contributed by atoms with van der Waals surface area (Å²) >= 11 is 0. The maximum absolute atomic E-state index is 14.2. The zero-order chi connectivity index (χ0) is 27.6. The molecule has 0 aromatic carbocycles. The predicted molar refractivity (Wildman–Crippen MR) is 147 cm³/mol. The monoisotopic (exact) mass is 539 g/mol. The normalized spacial score (nSPS) is 28.9. The average Bonchev–Trinajstić information content (AvgIpc) is 3.66. The molecule has 0 spiro atoms. The zero-order valence-corrected chi connectivity index (χ0v) is 23.4. The highest BCUT2D eigenvalue weighted by molar-refractivity contribution is 5.87. The first-order valence-electron chi connectivity index (χ1n) is 14.2. The molecule has 0 N–H and O–H groups in total. The number of piperidine rings is 1. The molecule has 0 unspecified atom stereocenters. The van der Waals surface area contributed by atoms with Crippen LogP contribution in [0.4, 0.5) is 20.3 Å². The minimum Gasteiger partial charge on any atom is -0.365 e. The van der Waals surface area contributed by atoms with Crippen LogP contribution in [-0.4, -0.2) is 87.9 Å². The van der Waals surface area contributed by atoms with E-state index in [0.29, 0.717) is 48.4 Å². The number of carbonyl (C=O) groups is 1. The first kappa shape index (κ1) is 26.2. The van der Waals surface area contributed by atoms with E-state index >= 15 is 0 Å². The van der Waals surface area contributed by atoms with Gasteiger partial charge in [0, 0.05) is 87.8 Å². The number of fused-ring (bicyclic) bond motifs is 1. The first-order chi connectivity index (χ1) is 18.7. The Kier molecular flexibility index (Phi) is 6.64. The van der Waals surface area contributed by atoms with Crippen LogP contribution in [0.3, 0.4) is 0 Å². The van der Waals surface area contributed by atoms with Gasteiger partial charge in [-0.2, -0.15) is 5.10 Å². The van der Waals surface area contributed by atoms with Gasteiger partial charge >= 0.3 is 0 Å². The SMILES string of the molecule is C=CC(=O)N1CCN([C@@H]2CN(c3cc(N4CC[C@H](c5c(C)cnn5C)[C@@H]5C[C@@H]54)nc(C(F)F)c3C)[C@@H]2C)CC1. The number of pyridine rings is 1. The maximum Gasteiger partial charge on any atom is 0.280 e. The van der Waals surface area contributed by atoms with Crippen LogP contribution in [0.25, 0.3) is 0 Å². The second-order valence-corrected chi connectivity index (χ2v) is 11.7. The van der Waals surface area contributed by atoms with Gasteiger partial charge in [-0.15, -0.1) is 0 Å². The molecular weight excluding hydrogens is 500 g/mol. The van der Waals surface area contributed by atoms with E-state index in [4.69, 9.17) is 0 Å². The summed E-state index contributed by atoms with van der Waals surface area (Å²) in [7, 11) is 2.01. The molecule has 5 atom stereocenters. The van der Waals surface area contributed by atoms with Gasteiger partial charge in [0.15, 0.2) is 0 Å². The Bertz CT molecular complexity index is 1250. The fourth-order valence-corrected chi connectivity index (χ4v) is 7.35. The quantitative estimate of drug-likeness (QED) is 0.523. The van der Waals surface area contributed by atoms with Gasteiger partial charge in [0.05, 0.1) is 6.20 Å². The van der Waals surface area contributed by atoms with Gasteiger partial charge in [0.2, 0.25) is 5.91 Å². The summed E-state index contributed by atoms with van der Waals surface area (Å²) < 4.78 is 30.4. The van der Waals surface area contributed by atoms with E-state index in [1.54, 1.807) is 6.92 Å². The number of rotatable bonds is 6. The van der Waals surface area contributed by atoms with Crippen molar-refractivity contribution in [2.45, 2.75) is 64.1 Å². The topological polar surface area (TPSA) is 60.7 Å². The molecule has 8 nitrogen and oxygen atoms in total. The van der Waals surface area contributed by atoms with Crippen LogP contribution in [0.5, 0.6) is 0 Å². The molecule has 39 heavy (non-hydrogen) atoms. The first-order valence-corrected chi connectivity index (χ1v) is 14.2. The minimum atomic E-state index is -2.61. The molecule has 1 amide bonds. The number of anilines is 2. The van der Waals surface area contributed by atoms with Gasteiger partial charge in [-0.05, 0) is 56.7 Å². The smallest absolute Gasteiger partial charge is 0.280 e. The molecule has 2 aromatic heterocycles. The molecule has 1 saturated carbocycles. The van der Waals surface area contributed by atoms with E-state index in [9.17, 15) is 13.6 Å². The molecule has 10 heteroatoms. The molecule has 6 rings (SSSR count). The summed E-state index contributed by atoms with van der Waals surface area (Å²) in [5.74, 6) is 1.63. The van der Waals surface area contributed by atoms with Gasteiger partial charge in [-0.25, -0.2) is 13.8 Å². The van der Waals surface area contributed by atoms with E-state index in [2.05, 4.69) is 51.3 Å². The second-order valence-electron chi connectivity index (χ2n) is 11.7. The standard InChI is InChI=1S/C29H39F2N7O/c1-6-26(39)36-11-9-35(10-12-36)24-16-38(19(24)4)22-14-25(33-27(18(22)3)29(30)31)37-8-7-20(21-13-23(21)37)28-17(2)15-32-34(28)5/h6,14-15,19-21,23-24,29H,1,7-13,16H2,2-5H3/t19-,20+,21+,23+,24-/m1/s1. The van der Waals surface area contributed by atoms with Crippen molar-refractivity contribution in [2.24, 2.45) is 13.0 Å². The van der Waals surface area contributed by atoms with Crippen LogP contribution in [0, 0.1) is 19.8 Å². The van der Waals surface area contributed by atoms with Crippen molar-refractivity contribution < 1.29 is 13.6 Å². The molecule has 1 aliphatic carbocycles. The maximum atomic E-state index is 14.2. The van der Waals surface area contributed by atoms with Crippen molar-refractivity contribution >= 4 is 17.4 Å². The van der Waals surface area contributed by atoms with Crippen molar-refractivity contribution in [3.8, 4) is 0 Å². The largest absolute Gasteiger partial charge is 0.365 e. The Morgan fingerprint density at radius 3 is 2.49 bits per heavy atom. The summed E-state index contributed by atoms with van der Waals surface area (Å²) in [6.07, 6.45) is 2.73. The fraction of sp³-hybridized carbons (Fsp3) is 0.621. The number of aromatic nitrogens is 3. The van der Waals surface area contributed by atoms with E-state index < -0.39 is 6.43 Å². The number of amides is 1. The zero-order valence-electron chi connectivity index (χ0n) is 23.4. The summed E-state index contributed by atoms with van der Waals surface area (Å²) in [6, 6.07) is 2.92. The third kappa shape index (κ3) is 4.40. The van der Waals surface area contributed by atoms with Gasteiger partial charge in [0.1, 0.15) is 11.5 Å². The highest BCUT2D eigenvalue weighted by Crippen LogP contribution is 2.53. The summed E-state index contributed by atoms with van der Waals surface area (Å²) in [6.45, 7) is 14.3. The van der Waals surface area contributed by atoms with Crippen LogP contribution in [0.15, 0.2) is 24.9 Å². The van der Waals surface area contributed by atoms with Crippen LogP contribution >= 0.6 is 0 Å². The predicted octanol–water partition coefficient (Wildman–Crippen LogP) is 3.66. The molecule has 4 fully saturated rings. The highest BCUT2D eigenvalue weighted by Gasteiger charge is 2.52. The Balaban J connectivity index is 1.19. The van der Waals surface area contributed by atoms with Gasteiger partial charge < -0.3 is 14.7 Å². The van der Waals surface area contributed by atoms with Crippen molar-refractivity contribution in [1.29, 1.82) is 0 Å². The molecule has 0 radical (unpaired) electrons. The average molecular weight is 540 g/mol. The number of nitrogens with zero attached hydrogens (tertiary/aromatic N) is 7. The van der Waals surface area contributed by atoms with E-state index in [-0.39, 0.29) is 17.6 Å². The lowest BCUT2D eigenvalue weighted by molar-refractivity contribution is -0.128. The minimum absolute atomic E-state index is 0.0187. The molecular formula is C29H39F2N7O. The number of alkyl halides is 2. The van der Waals surface area contributed by atoms with E-state index in [0.717, 1.165) is 44.7 Å². The Labute approximate surface area is 229 Å². The van der Waals surface area contributed by atoms with Crippen LogP contribution < -0.4 is 9.80 Å². The number of hydrogen-bond donors (Lipinski definition) is 0. The Hall–Kier alpha value is -3.01. The van der Waals surface area contributed by atoms with Crippen LogP contribution in [0.2, 0.25) is 0 Å². The molecule has 210 valence electrons. The fourth-order valence-electron chi connectivity index (χ4n) is 7.35. The Morgan fingerprint density at radius 2 is 1.87 bits per heavy atom. The van der Waals surface area contributed by atoms with E-state index in [1.165, 1.54) is 17.3 Å². The second kappa shape index (κ2) is 9.87. The lowest BCUT2D eigenvalue weighted by atomic mass is 9.90. The van der Waals surface area contributed by atoms with Crippen LogP contribution in [-0.2, 0) is 11.8 Å². The van der Waals surface area contributed by atoms with Crippen molar-refractivity contribution in [3.63, 3.8) is 0 Å². The van der Waals surface area contributed by atoms with E-state index in [1.807, 2.05) is 22.8 Å². The lowest BCUT2D eigenvalue weighted by Gasteiger charge is -2.54. The number of aryl methyl sites for hydroxylation is 2. The lowest BCUT2D eigenvalue weighted by Crippen LogP contribution is -2.68. The summed E-state index contributed by atoms with van der Waals surface area (Å²) in [4.78, 5) is 25.3. The third-order valence-corrected chi connectivity index (χ3v) is 9.71. The van der Waals surface area contributed by atoms with Gasteiger partial charge in [-0.3, -0.25) is 14.4 Å². The molecule has 4 aliphatic rings. The molecule has 5 heterocycles. The number of halogens is 2. The molecule has 0 bridgehead atoms. The molecule has 2 aromatic rings. The number of carbonyl (C=O) groups excluding carboxylic acids is 1. The van der Waals surface area contributed by atoms with Crippen molar-refractivity contribution in [2.75, 3.05) is 49.1 Å². The Morgan fingerprint density at radius 1 is 1.13 bits per heavy atom. The molecule has 3 aliphatic heterocycles. The van der Waals surface area contributed by atoms with Crippen LogP contribution in [0.1, 0.15) is 54.6 Å².